The third-order valence-corrected chi connectivity index (χ3v) is 4.96. The fourth-order valence-corrected chi connectivity index (χ4v) is 3.04. The Labute approximate surface area is 182 Å². The molecule has 2 N–H and O–H groups in total. The average Bonchev–Trinajstić information content (AvgIpc) is 2.71. The number of hydrogen-bond donors (Lipinski definition) is 2. The Kier molecular flexibility index (Phi) is 6.86. The molecule has 3 aromatic carbocycles. The minimum Gasteiger partial charge on any atom is -0.321 e. The van der Waals surface area contributed by atoms with Crippen molar-refractivity contribution >= 4 is 51.1 Å². The number of carbonyl (C=O) groups is 2. The third-order valence-electron chi connectivity index (χ3n) is 4.10. The highest BCUT2D eigenvalue weighted by Gasteiger charge is 2.16. The third kappa shape index (κ3) is 5.79. The van der Waals surface area contributed by atoms with Gasteiger partial charge in [-0.1, -0.05) is 69.5 Å². The van der Waals surface area contributed by atoms with Crippen LogP contribution in [-0.4, -0.2) is 11.8 Å². The highest BCUT2D eigenvalue weighted by molar-refractivity contribution is 9.10. The molecular weight excluding hydrogens is 452 g/mol. The molecule has 0 aliphatic heterocycles. The summed E-state index contributed by atoms with van der Waals surface area (Å²) in [6.45, 7) is 1.97. The first-order valence-electron chi connectivity index (χ1n) is 8.83. The molecule has 0 spiro atoms. The van der Waals surface area contributed by atoms with E-state index in [0.717, 1.165) is 15.6 Å². The molecule has 0 unspecified atom stereocenters. The van der Waals surface area contributed by atoms with Crippen LogP contribution in [0.5, 0.6) is 0 Å². The summed E-state index contributed by atoms with van der Waals surface area (Å²) in [6, 6.07) is 21.5. The molecule has 0 aliphatic carbocycles. The molecule has 0 aromatic heterocycles. The lowest BCUT2D eigenvalue weighted by Crippen LogP contribution is -2.30. The first-order chi connectivity index (χ1) is 13.9. The predicted molar refractivity (Wildman–Crippen MR) is 121 cm³/mol. The normalized spacial score (nSPS) is 11.1. The number of anilines is 1. The van der Waals surface area contributed by atoms with Crippen LogP contribution in [0, 0.1) is 6.92 Å². The summed E-state index contributed by atoms with van der Waals surface area (Å²) in [5, 5.41) is 5.80. The Bertz CT molecular complexity index is 1060. The number of halogens is 2. The lowest BCUT2D eigenvalue weighted by molar-refractivity contribution is -0.113. The number of hydrogen-bond acceptors (Lipinski definition) is 2. The van der Waals surface area contributed by atoms with Crippen LogP contribution in [0.3, 0.4) is 0 Å². The highest BCUT2D eigenvalue weighted by Crippen LogP contribution is 2.17. The van der Waals surface area contributed by atoms with Crippen molar-refractivity contribution in [3.8, 4) is 0 Å². The molecule has 29 heavy (non-hydrogen) atoms. The van der Waals surface area contributed by atoms with Gasteiger partial charge in [0.1, 0.15) is 5.70 Å². The maximum absolute atomic E-state index is 12.9. The Morgan fingerprint density at radius 1 is 0.931 bits per heavy atom. The van der Waals surface area contributed by atoms with E-state index < -0.39 is 11.8 Å². The molecule has 0 aliphatic rings. The first-order valence-corrected chi connectivity index (χ1v) is 10.0. The van der Waals surface area contributed by atoms with E-state index in [-0.39, 0.29) is 5.70 Å². The van der Waals surface area contributed by atoms with Gasteiger partial charge >= 0.3 is 0 Å². The van der Waals surface area contributed by atoms with Gasteiger partial charge in [-0.2, -0.15) is 0 Å². The van der Waals surface area contributed by atoms with Crippen LogP contribution >= 0.6 is 27.5 Å². The SMILES string of the molecule is Cc1ccc(NC(=O)/C(=C/c2ccc(Br)cc2)NC(=O)c2ccccc2Cl)cc1. The molecular formula is C23H18BrClN2O2. The lowest BCUT2D eigenvalue weighted by atomic mass is 10.1. The van der Waals surface area contributed by atoms with Crippen molar-refractivity contribution in [3.05, 3.63) is 105 Å². The van der Waals surface area contributed by atoms with Gasteiger partial charge in [0.15, 0.2) is 0 Å². The van der Waals surface area contributed by atoms with E-state index in [0.29, 0.717) is 16.3 Å². The highest BCUT2D eigenvalue weighted by atomic mass is 79.9. The van der Waals surface area contributed by atoms with Gasteiger partial charge in [0.25, 0.3) is 11.8 Å². The molecule has 146 valence electrons. The van der Waals surface area contributed by atoms with Crippen molar-refractivity contribution in [1.29, 1.82) is 0 Å². The van der Waals surface area contributed by atoms with Gasteiger partial charge < -0.3 is 10.6 Å². The second-order valence-corrected chi connectivity index (χ2v) is 7.69. The molecule has 0 saturated heterocycles. The second kappa shape index (κ2) is 9.54. The molecule has 0 radical (unpaired) electrons. The van der Waals surface area contributed by atoms with E-state index in [2.05, 4.69) is 26.6 Å². The van der Waals surface area contributed by atoms with Gasteiger partial charge in [0.05, 0.1) is 10.6 Å². The largest absolute Gasteiger partial charge is 0.321 e. The van der Waals surface area contributed by atoms with Crippen LogP contribution in [0.4, 0.5) is 5.69 Å². The van der Waals surface area contributed by atoms with Gasteiger partial charge in [-0.05, 0) is 55.0 Å². The maximum atomic E-state index is 12.9. The lowest BCUT2D eigenvalue weighted by Gasteiger charge is -2.12. The van der Waals surface area contributed by atoms with Crippen LogP contribution in [-0.2, 0) is 4.79 Å². The smallest absolute Gasteiger partial charge is 0.272 e. The van der Waals surface area contributed by atoms with E-state index in [1.54, 1.807) is 42.5 Å². The Balaban J connectivity index is 1.89. The number of carbonyl (C=O) groups excluding carboxylic acids is 2. The monoisotopic (exact) mass is 468 g/mol. The molecule has 4 nitrogen and oxygen atoms in total. The van der Waals surface area contributed by atoms with Gasteiger partial charge in [0.2, 0.25) is 0 Å². The van der Waals surface area contributed by atoms with E-state index in [9.17, 15) is 9.59 Å². The maximum Gasteiger partial charge on any atom is 0.272 e. The van der Waals surface area contributed by atoms with Crippen LogP contribution in [0.25, 0.3) is 6.08 Å². The fourth-order valence-electron chi connectivity index (χ4n) is 2.55. The standard InChI is InChI=1S/C23H18BrClN2O2/c1-15-6-12-18(13-7-15)26-23(29)21(14-16-8-10-17(24)11-9-16)27-22(28)19-4-2-3-5-20(19)25/h2-14H,1H3,(H,26,29)(H,27,28)/b21-14-. The summed E-state index contributed by atoms with van der Waals surface area (Å²) in [6.07, 6.45) is 1.62. The van der Waals surface area contributed by atoms with Crippen molar-refractivity contribution in [3.63, 3.8) is 0 Å². The molecule has 3 aromatic rings. The summed E-state index contributed by atoms with van der Waals surface area (Å²) in [5.74, 6) is -0.893. The number of aryl methyl sites for hydroxylation is 1. The average molecular weight is 470 g/mol. The number of rotatable bonds is 5. The minimum atomic E-state index is -0.460. The molecule has 2 amide bonds. The number of benzene rings is 3. The zero-order valence-electron chi connectivity index (χ0n) is 15.6. The molecule has 0 bridgehead atoms. The predicted octanol–water partition coefficient (Wildman–Crippen LogP) is 5.82. The van der Waals surface area contributed by atoms with Crippen molar-refractivity contribution in [2.75, 3.05) is 5.32 Å². The summed E-state index contributed by atoms with van der Waals surface area (Å²) in [4.78, 5) is 25.6. The van der Waals surface area contributed by atoms with E-state index in [4.69, 9.17) is 11.6 Å². The molecule has 0 atom stereocenters. The zero-order valence-corrected chi connectivity index (χ0v) is 17.9. The van der Waals surface area contributed by atoms with Crippen LogP contribution in [0.15, 0.2) is 83.0 Å². The van der Waals surface area contributed by atoms with Gasteiger partial charge in [-0.25, -0.2) is 0 Å². The summed E-state index contributed by atoms with van der Waals surface area (Å²) in [7, 11) is 0. The molecule has 0 fully saturated rings. The van der Waals surface area contributed by atoms with Crippen molar-refractivity contribution in [2.24, 2.45) is 0 Å². The van der Waals surface area contributed by atoms with E-state index in [1.807, 2.05) is 43.3 Å². The van der Waals surface area contributed by atoms with Crippen LogP contribution in [0.1, 0.15) is 21.5 Å². The molecule has 0 heterocycles. The van der Waals surface area contributed by atoms with Crippen molar-refractivity contribution in [2.45, 2.75) is 6.92 Å². The van der Waals surface area contributed by atoms with Gasteiger partial charge in [0, 0.05) is 10.2 Å². The van der Waals surface area contributed by atoms with Crippen LogP contribution in [0.2, 0.25) is 5.02 Å². The van der Waals surface area contributed by atoms with Crippen molar-refractivity contribution in [1.82, 2.24) is 5.32 Å². The Morgan fingerprint density at radius 3 is 2.24 bits per heavy atom. The zero-order chi connectivity index (χ0) is 20.8. The van der Waals surface area contributed by atoms with Crippen LogP contribution < -0.4 is 10.6 Å². The second-order valence-electron chi connectivity index (χ2n) is 6.36. The molecule has 0 saturated carbocycles. The number of nitrogens with one attached hydrogen (secondary N) is 2. The summed E-state index contributed by atoms with van der Waals surface area (Å²) >= 11 is 9.50. The molecule has 6 heteroatoms. The minimum absolute atomic E-state index is 0.109. The topological polar surface area (TPSA) is 58.2 Å². The van der Waals surface area contributed by atoms with E-state index >= 15 is 0 Å². The number of amides is 2. The Morgan fingerprint density at radius 2 is 1.59 bits per heavy atom. The van der Waals surface area contributed by atoms with E-state index in [1.165, 1.54) is 0 Å². The summed E-state index contributed by atoms with van der Waals surface area (Å²) < 4.78 is 0.917. The van der Waals surface area contributed by atoms with Crippen molar-refractivity contribution < 1.29 is 9.59 Å². The quantitative estimate of drug-likeness (QED) is 0.463. The fraction of sp³-hybridized carbons (Fsp3) is 0.0435. The first kappa shape index (κ1) is 20.8. The van der Waals surface area contributed by atoms with Gasteiger partial charge in [-0.15, -0.1) is 0 Å². The Hall–Kier alpha value is -2.89. The summed E-state index contributed by atoms with van der Waals surface area (Å²) in [5.41, 5.74) is 2.88. The molecule has 3 rings (SSSR count). The van der Waals surface area contributed by atoms with Gasteiger partial charge in [-0.3, -0.25) is 9.59 Å².